The Bertz CT molecular complexity index is 1220. The maximum Gasteiger partial charge on any atom is 0.460 e. The molecule has 132 valence electrons. The molecule has 3 aromatic carbocycles. The van der Waals surface area contributed by atoms with Gasteiger partial charge in [0.15, 0.2) is 0 Å². The minimum atomic E-state index is -3.63. The Hall–Kier alpha value is -3.37. The van der Waals surface area contributed by atoms with E-state index in [0.717, 1.165) is 22.1 Å². The molecule has 27 heavy (non-hydrogen) atoms. The molecule has 0 aliphatic rings. The van der Waals surface area contributed by atoms with Crippen LogP contribution in [0.25, 0.3) is 22.1 Å². The molecule has 2 aromatic heterocycles. The number of hydrogen-bond acceptors (Lipinski definition) is 4. The SMILES string of the molecule is O=P(Oc1ccccc1)(n1cnc2ccccc21)n1cnc2ccccc21. The summed E-state index contributed by atoms with van der Waals surface area (Å²) in [5.74, 6) is 0.511. The van der Waals surface area contributed by atoms with Crippen molar-refractivity contribution in [2.45, 2.75) is 0 Å². The molecule has 6 nitrogen and oxygen atoms in total. The zero-order valence-electron chi connectivity index (χ0n) is 14.2. The predicted octanol–water partition coefficient (Wildman–Crippen LogP) is 4.97. The molecule has 0 amide bonds. The van der Waals surface area contributed by atoms with Crippen molar-refractivity contribution in [2.75, 3.05) is 0 Å². The van der Waals surface area contributed by atoms with Crippen molar-refractivity contribution in [1.29, 1.82) is 0 Å². The zero-order chi connectivity index (χ0) is 18.3. The summed E-state index contributed by atoms with van der Waals surface area (Å²) in [7, 11) is -3.63. The highest BCUT2D eigenvalue weighted by atomic mass is 31.2. The van der Waals surface area contributed by atoms with E-state index in [1.807, 2.05) is 66.7 Å². The molecule has 0 fully saturated rings. The minimum Gasteiger partial charge on any atom is -0.413 e. The molecule has 0 unspecified atom stereocenters. The first-order valence-corrected chi connectivity index (χ1v) is 9.99. The van der Waals surface area contributed by atoms with Crippen LogP contribution in [0.2, 0.25) is 0 Å². The van der Waals surface area contributed by atoms with Crippen molar-refractivity contribution >= 4 is 29.7 Å². The van der Waals surface area contributed by atoms with E-state index in [1.54, 1.807) is 33.5 Å². The van der Waals surface area contributed by atoms with Gasteiger partial charge in [-0.1, -0.05) is 42.5 Å². The van der Waals surface area contributed by atoms with Crippen LogP contribution in [0, 0.1) is 0 Å². The van der Waals surface area contributed by atoms with Crippen LogP contribution in [0.4, 0.5) is 0 Å². The quantitative estimate of drug-likeness (QED) is 0.417. The minimum absolute atomic E-state index is 0.511. The van der Waals surface area contributed by atoms with Crippen molar-refractivity contribution in [3.05, 3.63) is 91.5 Å². The number of imidazole rings is 2. The number of rotatable bonds is 4. The van der Waals surface area contributed by atoms with Gasteiger partial charge in [0.05, 0.1) is 22.1 Å². The van der Waals surface area contributed by atoms with Crippen LogP contribution in [0.1, 0.15) is 0 Å². The molecule has 0 aliphatic heterocycles. The van der Waals surface area contributed by atoms with E-state index in [1.165, 1.54) is 0 Å². The molecule has 0 N–H and O–H groups in total. The Balaban J connectivity index is 1.79. The van der Waals surface area contributed by atoms with Gasteiger partial charge in [-0.2, -0.15) is 0 Å². The number of benzene rings is 3. The van der Waals surface area contributed by atoms with Crippen LogP contribution in [-0.4, -0.2) is 18.6 Å². The molecule has 0 saturated carbocycles. The molecule has 5 rings (SSSR count). The van der Waals surface area contributed by atoms with Crippen molar-refractivity contribution < 1.29 is 9.09 Å². The highest BCUT2D eigenvalue weighted by Crippen LogP contribution is 2.52. The Labute approximate surface area is 155 Å². The van der Waals surface area contributed by atoms with Crippen LogP contribution in [0.15, 0.2) is 91.5 Å². The average Bonchev–Trinajstić information content (AvgIpc) is 3.34. The largest absolute Gasteiger partial charge is 0.460 e. The Kier molecular flexibility index (Phi) is 3.59. The lowest BCUT2D eigenvalue weighted by Gasteiger charge is -2.22. The molecule has 0 atom stereocenters. The summed E-state index contributed by atoms with van der Waals surface area (Å²) < 4.78 is 23.7. The normalized spacial score (nSPS) is 11.9. The fourth-order valence-corrected chi connectivity index (χ4v) is 5.13. The maximum absolute atomic E-state index is 14.4. The molecule has 0 spiro atoms. The third kappa shape index (κ3) is 2.54. The molecule has 0 radical (unpaired) electrons. The molecule has 5 aromatic rings. The van der Waals surface area contributed by atoms with Crippen LogP contribution >= 0.6 is 7.67 Å². The molecule has 0 saturated heterocycles. The van der Waals surface area contributed by atoms with E-state index in [-0.39, 0.29) is 0 Å². The molecular formula is C20H15N4O2P. The standard InChI is InChI=1S/C20H15N4O2P/c25-27(26-16-8-2-1-3-9-16,23-14-21-17-10-4-6-12-19(17)23)24-15-22-18-11-5-7-13-20(18)24/h1-15H. The predicted molar refractivity (Wildman–Crippen MR) is 105 cm³/mol. The van der Waals surface area contributed by atoms with Crippen molar-refractivity contribution in [3.63, 3.8) is 0 Å². The van der Waals surface area contributed by atoms with Crippen LogP contribution in [0.3, 0.4) is 0 Å². The summed E-state index contributed by atoms with van der Waals surface area (Å²) >= 11 is 0. The van der Waals surface area contributed by atoms with Gasteiger partial charge in [0, 0.05) is 0 Å². The van der Waals surface area contributed by atoms with Gasteiger partial charge < -0.3 is 4.52 Å². The van der Waals surface area contributed by atoms with E-state index in [0.29, 0.717) is 5.75 Å². The first-order valence-electron chi connectivity index (χ1n) is 8.46. The monoisotopic (exact) mass is 374 g/mol. The maximum atomic E-state index is 14.4. The Morgan fingerprint density at radius 1 is 0.667 bits per heavy atom. The smallest absolute Gasteiger partial charge is 0.413 e. The molecule has 0 aliphatic carbocycles. The number of aromatic nitrogens is 4. The summed E-state index contributed by atoms with van der Waals surface area (Å²) in [6, 6.07) is 24.2. The van der Waals surface area contributed by atoms with Gasteiger partial charge in [-0.25, -0.2) is 23.2 Å². The number of para-hydroxylation sites is 5. The lowest BCUT2D eigenvalue weighted by atomic mass is 10.3. The Morgan fingerprint density at radius 2 is 1.15 bits per heavy atom. The van der Waals surface area contributed by atoms with E-state index >= 15 is 0 Å². The summed E-state index contributed by atoms with van der Waals surface area (Å²) in [6.07, 6.45) is 3.12. The van der Waals surface area contributed by atoms with Gasteiger partial charge in [0.1, 0.15) is 18.4 Å². The lowest BCUT2D eigenvalue weighted by molar-refractivity contribution is 0.463. The van der Waals surface area contributed by atoms with Crippen LogP contribution in [0.5, 0.6) is 5.75 Å². The summed E-state index contributed by atoms with van der Waals surface area (Å²) in [6.45, 7) is 0. The Morgan fingerprint density at radius 3 is 1.70 bits per heavy atom. The third-order valence-corrected chi connectivity index (χ3v) is 6.56. The third-order valence-electron chi connectivity index (χ3n) is 4.38. The van der Waals surface area contributed by atoms with Gasteiger partial charge in [0.2, 0.25) is 0 Å². The summed E-state index contributed by atoms with van der Waals surface area (Å²) in [5, 5.41) is 0. The highest BCUT2D eigenvalue weighted by molar-refractivity contribution is 7.56. The first kappa shape index (κ1) is 15.9. The summed E-state index contributed by atoms with van der Waals surface area (Å²) in [5.41, 5.74) is 2.96. The van der Waals surface area contributed by atoms with Crippen molar-refractivity contribution in [3.8, 4) is 5.75 Å². The van der Waals surface area contributed by atoms with Crippen LogP contribution < -0.4 is 4.52 Å². The van der Waals surface area contributed by atoms with E-state index in [2.05, 4.69) is 9.97 Å². The van der Waals surface area contributed by atoms with Gasteiger partial charge in [-0.05, 0) is 36.4 Å². The van der Waals surface area contributed by atoms with E-state index in [9.17, 15) is 4.57 Å². The lowest BCUT2D eigenvalue weighted by Crippen LogP contribution is -2.10. The number of fused-ring (bicyclic) bond motifs is 2. The topological polar surface area (TPSA) is 61.9 Å². The molecular weight excluding hydrogens is 359 g/mol. The number of hydrogen-bond donors (Lipinski definition) is 0. The summed E-state index contributed by atoms with van der Waals surface area (Å²) in [4.78, 5) is 8.79. The first-order chi connectivity index (χ1) is 13.3. The molecule has 7 heteroatoms. The molecule has 2 heterocycles. The van der Waals surface area contributed by atoms with Gasteiger partial charge in [0.25, 0.3) is 0 Å². The fraction of sp³-hybridized carbons (Fsp3) is 0. The van der Waals surface area contributed by atoms with Crippen molar-refractivity contribution in [2.24, 2.45) is 0 Å². The van der Waals surface area contributed by atoms with Gasteiger partial charge in [-0.15, -0.1) is 0 Å². The second-order valence-corrected chi connectivity index (χ2v) is 8.08. The van der Waals surface area contributed by atoms with E-state index < -0.39 is 7.67 Å². The van der Waals surface area contributed by atoms with E-state index in [4.69, 9.17) is 4.52 Å². The zero-order valence-corrected chi connectivity index (χ0v) is 15.1. The molecule has 0 bridgehead atoms. The second kappa shape index (κ2) is 6.11. The highest BCUT2D eigenvalue weighted by Gasteiger charge is 2.33. The fourth-order valence-electron chi connectivity index (χ4n) is 3.11. The van der Waals surface area contributed by atoms with Gasteiger partial charge in [-0.3, -0.25) is 0 Å². The van der Waals surface area contributed by atoms with Crippen LogP contribution in [-0.2, 0) is 4.57 Å². The number of nitrogens with zero attached hydrogens (tertiary/aromatic N) is 4. The average molecular weight is 374 g/mol. The van der Waals surface area contributed by atoms with Crippen molar-refractivity contribution in [1.82, 2.24) is 18.6 Å². The van der Waals surface area contributed by atoms with Gasteiger partial charge >= 0.3 is 7.67 Å². The second-order valence-electron chi connectivity index (χ2n) is 6.05.